The van der Waals surface area contributed by atoms with Gasteiger partial charge in [-0.25, -0.2) is 9.59 Å². The summed E-state index contributed by atoms with van der Waals surface area (Å²) < 4.78 is 16.2. The summed E-state index contributed by atoms with van der Waals surface area (Å²) in [4.78, 5) is 24.8. The zero-order valence-electron chi connectivity index (χ0n) is 14.8. The quantitative estimate of drug-likeness (QED) is 0.580. The van der Waals surface area contributed by atoms with E-state index in [2.05, 4.69) is 0 Å². The highest BCUT2D eigenvalue weighted by atomic mass is 16.6. The Morgan fingerprint density at radius 1 is 0.680 bits per heavy atom. The van der Waals surface area contributed by atoms with Crippen LogP contribution in [0.1, 0.15) is 48.4 Å². The summed E-state index contributed by atoms with van der Waals surface area (Å²) in [7, 11) is 0. The van der Waals surface area contributed by atoms with E-state index in [4.69, 9.17) is 14.2 Å². The fraction of sp³-hybridized carbons (Fsp3) is 0.300. The average molecular weight is 342 g/mol. The Balaban J connectivity index is 2.21. The zero-order chi connectivity index (χ0) is 18.4. The molecule has 0 saturated heterocycles. The third-order valence-corrected chi connectivity index (χ3v) is 3.12. The second-order valence-electron chi connectivity index (χ2n) is 6.00. The van der Waals surface area contributed by atoms with Gasteiger partial charge >= 0.3 is 11.9 Å². The van der Waals surface area contributed by atoms with Gasteiger partial charge in [-0.1, -0.05) is 24.3 Å². The van der Waals surface area contributed by atoms with Gasteiger partial charge in [0.05, 0.1) is 12.2 Å². The van der Waals surface area contributed by atoms with E-state index in [1.54, 1.807) is 48.5 Å². The molecule has 132 valence electrons. The van der Waals surface area contributed by atoms with Gasteiger partial charge in [-0.05, 0) is 52.0 Å². The normalized spacial score (nSPS) is 10.6. The van der Waals surface area contributed by atoms with Gasteiger partial charge in [0.1, 0.15) is 22.6 Å². The molecule has 2 aromatic carbocycles. The highest BCUT2D eigenvalue weighted by Gasteiger charge is 2.21. The van der Waals surface area contributed by atoms with Crippen LogP contribution in [0, 0.1) is 0 Å². The molecule has 0 heterocycles. The van der Waals surface area contributed by atoms with Crippen molar-refractivity contribution in [2.45, 2.75) is 39.9 Å². The maximum Gasteiger partial charge on any atom is 0.349 e. The lowest BCUT2D eigenvalue weighted by Crippen LogP contribution is -2.17. The number of hydrogen-bond acceptors (Lipinski definition) is 5. The molecule has 2 rings (SSSR count). The molecule has 0 N–H and O–H groups in total. The summed E-state index contributed by atoms with van der Waals surface area (Å²) in [5.74, 6) is -0.773. The molecule has 25 heavy (non-hydrogen) atoms. The molecule has 2 aromatic rings. The SMILES string of the molecule is CC(C)Oc1ccccc1C(=O)OC(=O)c1ccccc1OC(C)C. The molecule has 0 aliphatic heterocycles. The van der Waals surface area contributed by atoms with E-state index in [9.17, 15) is 9.59 Å². The van der Waals surface area contributed by atoms with Crippen molar-refractivity contribution in [1.82, 2.24) is 0 Å². The smallest absolute Gasteiger partial charge is 0.349 e. The zero-order valence-corrected chi connectivity index (χ0v) is 14.8. The van der Waals surface area contributed by atoms with Gasteiger partial charge in [0.25, 0.3) is 0 Å². The van der Waals surface area contributed by atoms with Crippen LogP contribution >= 0.6 is 0 Å². The Kier molecular flexibility index (Phi) is 6.17. The van der Waals surface area contributed by atoms with Gasteiger partial charge in [-0.3, -0.25) is 0 Å². The van der Waals surface area contributed by atoms with Crippen molar-refractivity contribution in [3.8, 4) is 11.5 Å². The van der Waals surface area contributed by atoms with Crippen LogP contribution in [0.4, 0.5) is 0 Å². The minimum atomic E-state index is -0.763. The molecule has 0 amide bonds. The molecule has 0 aromatic heterocycles. The maximum atomic E-state index is 12.4. The second kappa shape index (κ2) is 8.33. The third-order valence-electron chi connectivity index (χ3n) is 3.12. The number of para-hydroxylation sites is 2. The molecule has 0 aliphatic rings. The number of carbonyl (C=O) groups is 2. The van der Waals surface area contributed by atoms with E-state index in [-0.39, 0.29) is 23.3 Å². The Bertz CT molecular complexity index is 686. The second-order valence-corrected chi connectivity index (χ2v) is 6.00. The molecular formula is C20H22O5. The molecule has 0 radical (unpaired) electrons. The number of esters is 2. The van der Waals surface area contributed by atoms with Crippen LogP contribution in [0.15, 0.2) is 48.5 Å². The predicted molar refractivity (Wildman–Crippen MR) is 94.2 cm³/mol. The van der Waals surface area contributed by atoms with Crippen molar-refractivity contribution in [3.05, 3.63) is 59.7 Å². The standard InChI is InChI=1S/C20H22O5/c1-13(2)23-17-11-7-5-9-15(17)19(21)25-20(22)16-10-6-8-12-18(16)24-14(3)4/h5-14H,1-4H3. The van der Waals surface area contributed by atoms with Gasteiger partial charge in [0, 0.05) is 0 Å². The van der Waals surface area contributed by atoms with E-state index in [0.29, 0.717) is 11.5 Å². The summed E-state index contributed by atoms with van der Waals surface area (Å²) >= 11 is 0. The molecular weight excluding hydrogens is 320 g/mol. The highest BCUT2D eigenvalue weighted by Crippen LogP contribution is 2.23. The topological polar surface area (TPSA) is 61.8 Å². The van der Waals surface area contributed by atoms with Crippen LogP contribution in [-0.2, 0) is 4.74 Å². The van der Waals surface area contributed by atoms with Crippen molar-refractivity contribution in [1.29, 1.82) is 0 Å². The first-order valence-electron chi connectivity index (χ1n) is 8.16. The summed E-state index contributed by atoms with van der Waals surface area (Å²) in [6.45, 7) is 7.42. The van der Waals surface area contributed by atoms with Crippen LogP contribution < -0.4 is 9.47 Å². The number of carbonyl (C=O) groups excluding carboxylic acids is 2. The lowest BCUT2D eigenvalue weighted by atomic mass is 10.2. The van der Waals surface area contributed by atoms with Crippen LogP contribution in [-0.4, -0.2) is 24.1 Å². The lowest BCUT2D eigenvalue weighted by molar-refractivity contribution is 0.0391. The largest absolute Gasteiger partial charge is 0.490 e. The Hall–Kier alpha value is -2.82. The fourth-order valence-corrected chi connectivity index (χ4v) is 2.18. The predicted octanol–water partition coefficient (Wildman–Crippen LogP) is 4.26. The van der Waals surface area contributed by atoms with Gasteiger partial charge in [0.15, 0.2) is 0 Å². The van der Waals surface area contributed by atoms with Crippen LogP contribution in [0.2, 0.25) is 0 Å². The summed E-state index contributed by atoms with van der Waals surface area (Å²) in [5, 5.41) is 0. The van der Waals surface area contributed by atoms with Crippen molar-refractivity contribution >= 4 is 11.9 Å². The van der Waals surface area contributed by atoms with E-state index in [1.165, 1.54) is 0 Å². The summed E-state index contributed by atoms with van der Waals surface area (Å²) in [5.41, 5.74) is 0.401. The summed E-state index contributed by atoms with van der Waals surface area (Å²) in [6.07, 6.45) is -0.213. The van der Waals surface area contributed by atoms with Gasteiger partial charge in [-0.2, -0.15) is 0 Å². The Labute approximate surface area is 147 Å². The van der Waals surface area contributed by atoms with E-state index < -0.39 is 11.9 Å². The van der Waals surface area contributed by atoms with Gasteiger partial charge < -0.3 is 14.2 Å². The number of ether oxygens (including phenoxy) is 3. The minimum absolute atomic E-state index is 0.107. The van der Waals surface area contributed by atoms with Gasteiger partial charge in [-0.15, -0.1) is 0 Å². The molecule has 0 aliphatic carbocycles. The number of benzene rings is 2. The molecule has 0 bridgehead atoms. The van der Waals surface area contributed by atoms with Crippen molar-refractivity contribution in [2.75, 3.05) is 0 Å². The Morgan fingerprint density at radius 3 is 1.40 bits per heavy atom. The molecule has 0 unspecified atom stereocenters. The van der Waals surface area contributed by atoms with Crippen molar-refractivity contribution in [2.24, 2.45) is 0 Å². The first-order chi connectivity index (χ1) is 11.9. The number of hydrogen-bond donors (Lipinski definition) is 0. The Morgan fingerprint density at radius 2 is 1.04 bits per heavy atom. The molecule has 5 nitrogen and oxygen atoms in total. The van der Waals surface area contributed by atoms with Crippen LogP contribution in [0.5, 0.6) is 11.5 Å². The lowest BCUT2D eigenvalue weighted by Gasteiger charge is -2.14. The van der Waals surface area contributed by atoms with Crippen molar-refractivity contribution < 1.29 is 23.8 Å². The van der Waals surface area contributed by atoms with Crippen molar-refractivity contribution in [3.63, 3.8) is 0 Å². The van der Waals surface area contributed by atoms with E-state index >= 15 is 0 Å². The molecule has 0 fully saturated rings. The van der Waals surface area contributed by atoms with E-state index in [1.807, 2.05) is 27.7 Å². The minimum Gasteiger partial charge on any atom is -0.490 e. The maximum absolute atomic E-state index is 12.4. The summed E-state index contributed by atoms with van der Waals surface area (Å²) in [6, 6.07) is 13.3. The molecule has 0 saturated carbocycles. The number of rotatable bonds is 6. The van der Waals surface area contributed by atoms with Crippen LogP contribution in [0.25, 0.3) is 0 Å². The van der Waals surface area contributed by atoms with Crippen LogP contribution in [0.3, 0.4) is 0 Å². The monoisotopic (exact) mass is 342 g/mol. The fourth-order valence-electron chi connectivity index (χ4n) is 2.18. The average Bonchev–Trinajstić information content (AvgIpc) is 2.54. The first-order valence-corrected chi connectivity index (χ1v) is 8.16. The third kappa shape index (κ3) is 5.08. The molecule has 0 spiro atoms. The molecule has 5 heteroatoms. The van der Waals surface area contributed by atoms with E-state index in [0.717, 1.165) is 0 Å². The molecule has 0 atom stereocenters. The first kappa shape index (κ1) is 18.5. The van der Waals surface area contributed by atoms with Gasteiger partial charge in [0.2, 0.25) is 0 Å². The highest BCUT2D eigenvalue weighted by molar-refractivity contribution is 6.04.